The van der Waals surface area contributed by atoms with Crippen molar-refractivity contribution in [2.45, 2.75) is 56.1 Å². The van der Waals surface area contributed by atoms with Crippen molar-refractivity contribution >= 4 is 12.1 Å². The Bertz CT molecular complexity index is 891. The van der Waals surface area contributed by atoms with Crippen LogP contribution in [0.25, 0.3) is 0 Å². The van der Waals surface area contributed by atoms with Crippen LogP contribution in [0.2, 0.25) is 0 Å². The van der Waals surface area contributed by atoms with E-state index in [1.54, 1.807) is 4.90 Å². The lowest BCUT2D eigenvalue weighted by Crippen LogP contribution is -2.52. The number of hydrogen-bond donors (Lipinski definition) is 1. The summed E-state index contributed by atoms with van der Waals surface area (Å²) in [6.07, 6.45) is -15.5. The fraction of sp³-hybridized carbons (Fsp3) is 0.619. The predicted molar refractivity (Wildman–Crippen MR) is 103 cm³/mol. The van der Waals surface area contributed by atoms with E-state index in [-0.39, 0.29) is 32.7 Å². The normalized spacial score (nSPS) is 19.5. The fourth-order valence-corrected chi connectivity index (χ4v) is 4.53. The van der Waals surface area contributed by atoms with E-state index in [1.165, 1.54) is 18.2 Å². The number of carboxylic acid groups (broad SMARTS) is 1. The van der Waals surface area contributed by atoms with Crippen molar-refractivity contribution in [3.8, 4) is 0 Å². The summed E-state index contributed by atoms with van der Waals surface area (Å²) in [6, 6.07) is 3.88. The van der Waals surface area contributed by atoms with Crippen LogP contribution < -0.4 is 0 Å². The van der Waals surface area contributed by atoms with Gasteiger partial charge in [0.1, 0.15) is 5.82 Å². The van der Waals surface area contributed by atoms with Crippen molar-refractivity contribution in [1.82, 2.24) is 9.80 Å². The van der Waals surface area contributed by atoms with E-state index in [1.807, 2.05) is 0 Å². The number of carbonyl (C=O) groups is 2. The second-order valence-corrected chi connectivity index (χ2v) is 8.51. The Morgan fingerprint density at radius 1 is 1.00 bits per heavy atom. The number of halogens is 7. The van der Waals surface area contributed by atoms with Gasteiger partial charge in [-0.1, -0.05) is 18.9 Å². The first-order valence-electron chi connectivity index (χ1n) is 10.6. The first kappa shape index (κ1) is 26.0. The number of amides is 1. The molecular formula is C21H23F7N2O4. The summed E-state index contributed by atoms with van der Waals surface area (Å²) < 4.78 is 93.5. The van der Waals surface area contributed by atoms with Gasteiger partial charge in [-0.3, -0.25) is 9.69 Å². The van der Waals surface area contributed by atoms with Gasteiger partial charge >= 0.3 is 24.4 Å². The molecule has 2 fully saturated rings. The van der Waals surface area contributed by atoms with Gasteiger partial charge in [-0.05, 0) is 36.1 Å². The van der Waals surface area contributed by atoms with E-state index in [9.17, 15) is 45.4 Å². The Morgan fingerprint density at radius 3 is 2.06 bits per heavy atom. The lowest BCUT2D eigenvalue weighted by molar-refractivity contribution is -0.308. The van der Waals surface area contributed by atoms with Gasteiger partial charge in [0.25, 0.3) is 6.10 Å². The molecule has 0 radical (unpaired) electrons. The van der Waals surface area contributed by atoms with E-state index < -0.39 is 41.8 Å². The molecule has 3 rings (SSSR count). The smallest absolute Gasteiger partial charge is 0.434 e. The number of benzene rings is 1. The zero-order valence-corrected chi connectivity index (χ0v) is 17.9. The van der Waals surface area contributed by atoms with Crippen LogP contribution in [0.4, 0.5) is 35.5 Å². The number of ether oxygens (including phenoxy) is 1. The Morgan fingerprint density at radius 2 is 1.56 bits per heavy atom. The minimum absolute atomic E-state index is 0.0920. The molecule has 1 aromatic rings. The van der Waals surface area contributed by atoms with Gasteiger partial charge in [0, 0.05) is 32.7 Å². The molecule has 0 bridgehead atoms. The third-order valence-electron chi connectivity index (χ3n) is 6.29. The number of carboxylic acids is 1. The molecule has 34 heavy (non-hydrogen) atoms. The first-order valence-corrected chi connectivity index (χ1v) is 10.6. The fourth-order valence-electron chi connectivity index (χ4n) is 4.53. The third-order valence-corrected chi connectivity index (χ3v) is 6.29. The summed E-state index contributed by atoms with van der Waals surface area (Å²) in [6.45, 7) is -0.0195. The molecule has 1 aliphatic carbocycles. The van der Waals surface area contributed by atoms with E-state index in [0.717, 1.165) is 4.90 Å². The molecule has 0 spiro atoms. The van der Waals surface area contributed by atoms with Gasteiger partial charge < -0.3 is 14.7 Å². The minimum atomic E-state index is -5.80. The monoisotopic (exact) mass is 500 g/mol. The van der Waals surface area contributed by atoms with Gasteiger partial charge in [0.05, 0.1) is 5.41 Å². The van der Waals surface area contributed by atoms with Crippen LogP contribution >= 0.6 is 0 Å². The highest BCUT2D eigenvalue weighted by Crippen LogP contribution is 2.43. The van der Waals surface area contributed by atoms with Gasteiger partial charge in [0.2, 0.25) is 0 Å². The zero-order valence-electron chi connectivity index (χ0n) is 17.9. The van der Waals surface area contributed by atoms with Crippen molar-refractivity contribution in [3.63, 3.8) is 0 Å². The standard InChI is InChI=1S/C21H23F7N2O4/c22-14-4-3-13(15(11-14)19(17(31)32)5-1-2-6-19)12-29-7-9-30(10-8-29)18(33)34-16(20(23,24)25)21(26,27)28/h3-4,11,16H,1-2,5-10,12H2,(H,31,32). The number of rotatable bonds is 5. The minimum Gasteiger partial charge on any atom is -0.481 e. The van der Waals surface area contributed by atoms with Gasteiger partial charge in [-0.15, -0.1) is 0 Å². The highest BCUT2D eigenvalue weighted by atomic mass is 19.4. The molecule has 0 atom stereocenters. The molecule has 1 saturated heterocycles. The highest BCUT2D eigenvalue weighted by Gasteiger charge is 2.60. The number of aliphatic carboxylic acids is 1. The average molecular weight is 500 g/mol. The van der Waals surface area contributed by atoms with Crippen LogP contribution in [0, 0.1) is 5.82 Å². The van der Waals surface area contributed by atoms with E-state index in [0.29, 0.717) is 36.8 Å². The summed E-state index contributed by atoms with van der Waals surface area (Å²) in [7, 11) is 0. The molecule has 1 heterocycles. The molecule has 1 saturated carbocycles. The molecule has 1 amide bonds. The number of carbonyl (C=O) groups excluding carboxylic acids is 1. The molecule has 6 nitrogen and oxygen atoms in total. The summed E-state index contributed by atoms with van der Waals surface area (Å²) in [4.78, 5) is 26.5. The third kappa shape index (κ3) is 5.56. The number of piperazine rings is 1. The van der Waals surface area contributed by atoms with Crippen molar-refractivity contribution < 1.29 is 50.2 Å². The maximum absolute atomic E-state index is 14.0. The molecule has 13 heteroatoms. The first-order chi connectivity index (χ1) is 15.7. The topological polar surface area (TPSA) is 70.1 Å². The molecule has 0 aromatic heterocycles. The lowest BCUT2D eigenvalue weighted by Gasteiger charge is -2.36. The second kappa shape index (κ2) is 9.59. The Balaban J connectivity index is 1.67. The van der Waals surface area contributed by atoms with E-state index in [2.05, 4.69) is 4.74 Å². The van der Waals surface area contributed by atoms with E-state index in [4.69, 9.17) is 0 Å². The highest BCUT2D eigenvalue weighted by molar-refractivity contribution is 5.82. The molecule has 1 aliphatic heterocycles. The van der Waals surface area contributed by atoms with Crippen LogP contribution in [-0.2, 0) is 21.5 Å². The molecular weight excluding hydrogens is 477 g/mol. The summed E-state index contributed by atoms with van der Waals surface area (Å²) >= 11 is 0. The number of nitrogens with zero attached hydrogens (tertiary/aromatic N) is 2. The molecule has 0 unspecified atom stereocenters. The van der Waals surface area contributed by atoms with Crippen LogP contribution in [0.15, 0.2) is 18.2 Å². The van der Waals surface area contributed by atoms with Crippen molar-refractivity contribution in [2.75, 3.05) is 26.2 Å². The zero-order chi connectivity index (χ0) is 25.3. The molecule has 1 N–H and O–H groups in total. The molecule has 1 aromatic carbocycles. The van der Waals surface area contributed by atoms with Crippen LogP contribution in [-0.4, -0.2) is 71.6 Å². The second-order valence-electron chi connectivity index (χ2n) is 8.51. The quantitative estimate of drug-likeness (QED) is 0.605. The number of alkyl halides is 6. The number of hydrogen-bond acceptors (Lipinski definition) is 4. The van der Waals surface area contributed by atoms with Crippen LogP contribution in [0.5, 0.6) is 0 Å². The Hall–Kier alpha value is -2.57. The Labute approximate surface area is 190 Å². The average Bonchev–Trinajstić information content (AvgIpc) is 3.23. The SMILES string of the molecule is O=C(OC(C(F)(F)F)C(F)(F)F)N1CCN(Cc2ccc(F)cc2C2(C(=O)O)CCCC2)CC1. The largest absolute Gasteiger partial charge is 0.481 e. The van der Waals surface area contributed by atoms with Crippen LogP contribution in [0.1, 0.15) is 36.8 Å². The summed E-state index contributed by atoms with van der Waals surface area (Å²) in [5.74, 6) is -1.63. The predicted octanol–water partition coefficient (Wildman–Crippen LogP) is 4.47. The summed E-state index contributed by atoms with van der Waals surface area (Å²) in [5, 5.41) is 9.87. The lowest BCUT2D eigenvalue weighted by atomic mass is 9.76. The van der Waals surface area contributed by atoms with Crippen molar-refractivity contribution in [1.29, 1.82) is 0 Å². The van der Waals surface area contributed by atoms with Gasteiger partial charge in [-0.2, -0.15) is 26.3 Å². The summed E-state index contributed by atoms with van der Waals surface area (Å²) in [5.41, 5.74) is -0.291. The van der Waals surface area contributed by atoms with Crippen molar-refractivity contribution in [3.05, 3.63) is 35.1 Å². The molecule has 2 aliphatic rings. The van der Waals surface area contributed by atoms with Gasteiger partial charge in [-0.25, -0.2) is 9.18 Å². The maximum Gasteiger partial charge on any atom is 0.434 e. The molecule has 190 valence electrons. The maximum atomic E-state index is 14.0. The van der Waals surface area contributed by atoms with Gasteiger partial charge in [0.15, 0.2) is 0 Å². The van der Waals surface area contributed by atoms with E-state index >= 15 is 0 Å². The van der Waals surface area contributed by atoms with Crippen molar-refractivity contribution in [2.24, 2.45) is 0 Å². The van der Waals surface area contributed by atoms with Crippen LogP contribution in [0.3, 0.4) is 0 Å². The Kier molecular flexibility index (Phi) is 7.34.